The van der Waals surface area contributed by atoms with Gasteiger partial charge in [-0.15, -0.1) is 0 Å². The van der Waals surface area contributed by atoms with Crippen molar-refractivity contribution in [1.29, 1.82) is 0 Å². The third-order valence-corrected chi connectivity index (χ3v) is 5.38. The summed E-state index contributed by atoms with van der Waals surface area (Å²) < 4.78 is 4.71. The zero-order valence-corrected chi connectivity index (χ0v) is 16.8. The van der Waals surface area contributed by atoms with Gasteiger partial charge in [0.2, 0.25) is 5.95 Å². The average molecular weight is 379 g/mol. The van der Waals surface area contributed by atoms with Crippen molar-refractivity contribution in [2.75, 3.05) is 11.4 Å². The molecule has 7 nitrogen and oxygen atoms in total. The highest BCUT2D eigenvalue weighted by Gasteiger charge is 2.27. The lowest BCUT2D eigenvalue weighted by molar-refractivity contribution is 0.597. The smallest absolute Gasteiger partial charge is 0.312 e. The number of hydrogen-bond donors (Lipinski definition) is 0. The summed E-state index contributed by atoms with van der Waals surface area (Å²) in [5.41, 5.74) is 3.78. The predicted octanol–water partition coefficient (Wildman–Crippen LogP) is 2.63. The average Bonchev–Trinajstić information content (AvgIpc) is 3.06. The molecule has 2 aromatic heterocycles. The standard InChI is InChI=1S/C21H25N5O2/c1-5-6-10-26-19(27)17-18(23(4)21(26)28)22-20-24(11-7-12-25(17)20)16-9-8-14(2)13-15(16)3/h5-6,8-9,13H,7,10-12H2,1-4H3. The first-order valence-corrected chi connectivity index (χ1v) is 9.60. The fourth-order valence-corrected chi connectivity index (χ4v) is 3.97. The monoisotopic (exact) mass is 379 g/mol. The zero-order chi connectivity index (χ0) is 20.0. The number of imidazole rings is 1. The predicted molar refractivity (Wildman–Crippen MR) is 112 cm³/mol. The molecule has 3 aromatic rings. The number of anilines is 2. The van der Waals surface area contributed by atoms with E-state index in [9.17, 15) is 9.59 Å². The van der Waals surface area contributed by atoms with Crippen LogP contribution in [-0.2, 0) is 20.1 Å². The van der Waals surface area contributed by atoms with Crippen LogP contribution in [0.4, 0.5) is 11.6 Å². The van der Waals surface area contributed by atoms with Crippen LogP contribution >= 0.6 is 0 Å². The van der Waals surface area contributed by atoms with E-state index in [1.807, 2.05) is 23.6 Å². The lowest BCUT2D eigenvalue weighted by Crippen LogP contribution is -2.39. The van der Waals surface area contributed by atoms with Gasteiger partial charge < -0.3 is 9.47 Å². The molecular formula is C21H25N5O2. The molecule has 0 radical (unpaired) electrons. The van der Waals surface area contributed by atoms with Crippen molar-refractivity contribution in [2.45, 2.75) is 40.3 Å². The molecule has 0 bridgehead atoms. The number of nitrogens with zero attached hydrogens (tertiary/aromatic N) is 5. The number of hydrogen-bond acceptors (Lipinski definition) is 4. The molecule has 0 spiro atoms. The molecule has 0 saturated heterocycles. The Kier molecular flexibility index (Phi) is 4.45. The number of rotatable bonds is 3. The molecule has 3 heterocycles. The van der Waals surface area contributed by atoms with Crippen molar-refractivity contribution in [3.8, 4) is 0 Å². The van der Waals surface area contributed by atoms with Crippen LogP contribution in [0.15, 0.2) is 39.9 Å². The molecule has 7 heteroatoms. The van der Waals surface area contributed by atoms with E-state index in [0.29, 0.717) is 17.7 Å². The van der Waals surface area contributed by atoms with Crippen molar-refractivity contribution < 1.29 is 0 Å². The van der Waals surface area contributed by atoms with Gasteiger partial charge in [-0.2, -0.15) is 4.98 Å². The van der Waals surface area contributed by atoms with Gasteiger partial charge in [-0.25, -0.2) is 4.79 Å². The first-order chi connectivity index (χ1) is 13.4. The molecule has 0 aliphatic carbocycles. The number of fused-ring (bicyclic) bond motifs is 3. The third kappa shape index (κ3) is 2.69. The normalized spacial score (nSPS) is 14.2. The van der Waals surface area contributed by atoms with Crippen molar-refractivity contribution in [2.24, 2.45) is 7.05 Å². The lowest BCUT2D eigenvalue weighted by atomic mass is 10.1. The van der Waals surface area contributed by atoms with Gasteiger partial charge in [-0.05, 0) is 38.8 Å². The van der Waals surface area contributed by atoms with Crippen molar-refractivity contribution in [3.05, 3.63) is 62.3 Å². The Morgan fingerprint density at radius 3 is 2.68 bits per heavy atom. The molecule has 0 saturated carbocycles. The van der Waals surface area contributed by atoms with Crippen LogP contribution in [0.25, 0.3) is 11.2 Å². The Morgan fingerprint density at radius 2 is 1.96 bits per heavy atom. The highest BCUT2D eigenvalue weighted by Crippen LogP contribution is 2.33. The minimum absolute atomic E-state index is 0.263. The van der Waals surface area contributed by atoms with Crippen LogP contribution in [0.5, 0.6) is 0 Å². The second-order valence-corrected chi connectivity index (χ2v) is 7.36. The quantitative estimate of drug-likeness (QED) is 0.656. The van der Waals surface area contributed by atoms with E-state index >= 15 is 0 Å². The molecule has 0 amide bonds. The number of benzene rings is 1. The Morgan fingerprint density at radius 1 is 1.18 bits per heavy atom. The van der Waals surface area contributed by atoms with Crippen molar-refractivity contribution >= 4 is 22.8 Å². The van der Waals surface area contributed by atoms with E-state index < -0.39 is 0 Å². The van der Waals surface area contributed by atoms with Crippen molar-refractivity contribution in [3.63, 3.8) is 0 Å². The van der Waals surface area contributed by atoms with Crippen LogP contribution in [-0.4, -0.2) is 25.2 Å². The van der Waals surface area contributed by atoms with E-state index in [4.69, 9.17) is 4.98 Å². The summed E-state index contributed by atoms with van der Waals surface area (Å²) in [5, 5.41) is 0. The maximum absolute atomic E-state index is 13.1. The maximum atomic E-state index is 13.1. The van der Waals surface area contributed by atoms with Gasteiger partial charge in [0.1, 0.15) is 0 Å². The Hall–Kier alpha value is -3.09. The number of aryl methyl sites for hydroxylation is 4. The largest absolute Gasteiger partial charge is 0.332 e. The van der Waals surface area contributed by atoms with Crippen molar-refractivity contribution in [1.82, 2.24) is 18.7 Å². The van der Waals surface area contributed by atoms with Gasteiger partial charge in [0.15, 0.2) is 11.2 Å². The van der Waals surface area contributed by atoms with E-state index in [1.54, 1.807) is 7.05 Å². The number of aromatic nitrogens is 4. The van der Waals surface area contributed by atoms with Gasteiger partial charge in [-0.3, -0.25) is 13.9 Å². The van der Waals surface area contributed by atoms with Crippen LogP contribution in [0, 0.1) is 13.8 Å². The molecule has 28 heavy (non-hydrogen) atoms. The second kappa shape index (κ2) is 6.82. The fraction of sp³-hybridized carbons (Fsp3) is 0.381. The summed E-state index contributed by atoms with van der Waals surface area (Å²) in [6, 6.07) is 6.34. The second-order valence-electron chi connectivity index (χ2n) is 7.36. The molecule has 0 N–H and O–H groups in total. The Labute approximate surface area is 163 Å². The van der Waals surface area contributed by atoms with Crippen LogP contribution in [0.3, 0.4) is 0 Å². The number of allylic oxidation sites excluding steroid dienone is 2. The van der Waals surface area contributed by atoms with E-state index in [0.717, 1.165) is 24.6 Å². The van der Waals surface area contributed by atoms with E-state index in [-0.39, 0.29) is 17.8 Å². The molecule has 0 unspecified atom stereocenters. The maximum Gasteiger partial charge on any atom is 0.332 e. The van der Waals surface area contributed by atoms with Gasteiger partial charge in [0, 0.05) is 32.4 Å². The molecule has 1 aliphatic heterocycles. The summed E-state index contributed by atoms with van der Waals surface area (Å²) in [7, 11) is 1.68. The lowest BCUT2D eigenvalue weighted by Gasteiger charge is -2.30. The van der Waals surface area contributed by atoms with E-state index in [2.05, 4.69) is 36.9 Å². The van der Waals surface area contributed by atoms with Crippen LogP contribution in [0.1, 0.15) is 24.5 Å². The molecule has 1 aromatic carbocycles. The van der Waals surface area contributed by atoms with Gasteiger partial charge >= 0.3 is 5.69 Å². The van der Waals surface area contributed by atoms with Crippen LogP contribution in [0.2, 0.25) is 0 Å². The Balaban J connectivity index is 1.98. The molecule has 0 fully saturated rings. The molecule has 146 valence electrons. The summed E-state index contributed by atoms with van der Waals surface area (Å²) in [4.78, 5) is 32.7. The SMILES string of the molecule is CC=CCn1c(=O)c2c(nc3n2CCCN3c2ccc(C)cc2C)n(C)c1=O. The zero-order valence-electron chi connectivity index (χ0n) is 16.8. The minimum Gasteiger partial charge on any atom is -0.312 e. The summed E-state index contributed by atoms with van der Waals surface area (Å²) in [6.07, 6.45) is 4.55. The molecule has 1 aliphatic rings. The van der Waals surface area contributed by atoms with Crippen LogP contribution < -0.4 is 16.1 Å². The molecule has 4 rings (SSSR count). The first-order valence-electron chi connectivity index (χ1n) is 9.60. The minimum atomic E-state index is -0.343. The Bertz CT molecular complexity index is 1210. The summed E-state index contributed by atoms with van der Waals surface area (Å²) in [5.74, 6) is 0.726. The summed E-state index contributed by atoms with van der Waals surface area (Å²) in [6.45, 7) is 7.84. The van der Waals surface area contributed by atoms with Gasteiger partial charge in [0.05, 0.1) is 0 Å². The molecule has 0 atom stereocenters. The highest BCUT2D eigenvalue weighted by atomic mass is 16.2. The van der Waals surface area contributed by atoms with E-state index in [1.165, 1.54) is 20.3 Å². The highest BCUT2D eigenvalue weighted by molar-refractivity contribution is 5.77. The first kappa shape index (κ1) is 18.3. The third-order valence-electron chi connectivity index (χ3n) is 5.38. The fourth-order valence-electron chi connectivity index (χ4n) is 3.97. The van der Waals surface area contributed by atoms with Gasteiger partial charge in [-0.1, -0.05) is 29.8 Å². The van der Waals surface area contributed by atoms with Gasteiger partial charge in [0.25, 0.3) is 5.56 Å². The summed E-state index contributed by atoms with van der Waals surface area (Å²) >= 11 is 0. The molecular weight excluding hydrogens is 354 g/mol. The topological polar surface area (TPSA) is 65.1 Å².